The maximum atomic E-state index is 14.0. The molecule has 41 heavy (non-hydrogen) atoms. The number of carbonyl (C=O) groups is 1. The summed E-state index contributed by atoms with van der Waals surface area (Å²) in [5.74, 6) is 1.23. The third-order valence-electron chi connectivity index (χ3n) is 6.37. The number of halogens is 1. The normalized spacial score (nSPS) is 15.2. The van der Waals surface area contributed by atoms with E-state index in [0.717, 1.165) is 10.0 Å². The first-order valence-corrected chi connectivity index (χ1v) is 14.7. The van der Waals surface area contributed by atoms with Crippen LogP contribution in [-0.4, -0.2) is 37.0 Å². The smallest absolute Gasteiger partial charge is 0.338 e. The van der Waals surface area contributed by atoms with Crippen molar-refractivity contribution in [3.05, 3.63) is 107 Å². The van der Waals surface area contributed by atoms with E-state index < -0.39 is 12.0 Å². The van der Waals surface area contributed by atoms with Crippen LogP contribution in [0.25, 0.3) is 17.4 Å². The maximum Gasteiger partial charge on any atom is 0.338 e. The number of esters is 1. The SMILES string of the molecule is COCCOC(=O)C1=C(C)N=c2s/c(=C/c3ccc(-c4ccc(Br)cc4)o3)c(=O)n2[C@@H]1c1ccccc1OC(C)C. The Bertz CT molecular complexity index is 1780. The molecule has 5 rings (SSSR count). The van der Waals surface area contributed by atoms with E-state index in [4.69, 9.17) is 18.6 Å². The van der Waals surface area contributed by atoms with Crippen molar-refractivity contribution in [1.29, 1.82) is 0 Å². The molecule has 10 heteroatoms. The summed E-state index contributed by atoms with van der Waals surface area (Å²) in [4.78, 5) is 32.5. The van der Waals surface area contributed by atoms with Crippen LogP contribution in [-0.2, 0) is 14.3 Å². The molecule has 3 heterocycles. The van der Waals surface area contributed by atoms with Crippen molar-refractivity contribution in [1.82, 2.24) is 4.57 Å². The van der Waals surface area contributed by atoms with Crippen molar-refractivity contribution in [2.45, 2.75) is 32.9 Å². The quantitative estimate of drug-likeness (QED) is 0.184. The van der Waals surface area contributed by atoms with Gasteiger partial charge in [-0.1, -0.05) is 57.6 Å². The number of hydrogen-bond acceptors (Lipinski definition) is 8. The van der Waals surface area contributed by atoms with Gasteiger partial charge in [0.2, 0.25) is 0 Å². The Kier molecular flexibility index (Phi) is 8.72. The number of aromatic nitrogens is 1. The predicted octanol–water partition coefficient (Wildman–Crippen LogP) is 5.23. The van der Waals surface area contributed by atoms with Crippen LogP contribution in [0, 0.1) is 0 Å². The van der Waals surface area contributed by atoms with E-state index in [-0.39, 0.29) is 30.5 Å². The van der Waals surface area contributed by atoms with Gasteiger partial charge in [-0.15, -0.1) is 0 Å². The lowest BCUT2D eigenvalue weighted by atomic mass is 9.95. The van der Waals surface area contributed by atoms with Gasteiger partial charge in [0.25, 0.3) is 5.56 Å². The van der Waals surface area contributed by atoms with Crippen LogP contribution in [0.15, 0.2) is 90.6 Å². The minimum absolute atomic E-state index is 0.0760. The number of carbonyl (C=O) groups excluding carboxylic acids is 1. The van der Waals surface area contributed by atoms with Gasteiger partial charge in [-0.05, 0) is 51.1 Å². The molecule has 212 valence electrons. The first-order chi connectivity index (χ1) is 19.8. The molecule has 0 fully saturated rings. The van der Waals surface area contributed by atoms with Gasteiger partial charge < -0.3 is 18.6 Å². The highest BCUT2D eigenvalue weighted by Gasteiger charge is 2.35. The van der Waals surface area contributed by atoms with Gasteiger partial charge in [-0.2, -0.15) is 0 Å². The molecule has 0 saturated heterocycles. The molecule has 8 nitrogen and oxygen atoms in total. The van der Waals surface area contributed by atoms with Crippen LogP contribution < -0.4 is 19.6 Å². The maximum absolute atomic E-state index is 14.0. The monoisotopic (exact) mass is 636 g/mol. The van der Waals surface area contributed by atoms with E-state index in [0.29, 0.717) is 37.9 Å². The summed E-state index contributed by atoms with van der Waals surface area (Å²) >= 11 is 4.68. The van der Waals surface area contributed by atoms with Gasteiger partial charge in [0, 0.05) is 28.8 Å². The highest BCUT2D eigenvalue weighted by Crippen LogP contribution is 2.36. The molecule has 1 aliphatic heterocycles. The molecule has 0 N–H and O–H groups in total. The number of ether oxygens (including phenoxy) is 3. The lowest BCUT2D eigenvalue weighted by Gasteiger charge is -2.27. The lowest BCUT2D eigenvalue weighted by Crippen LogP contribution is -2.40. The molecular formula is C31H29BrN2O6S. The molecule has 0 bridgehead atoms. The molecule has 2 aromatic heterocycles. The fourth-order valence-electron chi connectivity index (χ4n) is 4.57. The Hall–Kier alpha value is -3.73. The first-order valence-electron chi connectivity index (χ1n) is 13.1. The van der Waals surface area contributed by atoms with Crippen LogP contribution in [0.4, 0.5) is 0 Å². The van der Waals surface area contributed by atoms with Crippen molar-refractivity contribution < 1.29 is 23.4 Å². The van der Waals surface area contributed by atoms with E-state index in [1.54, 1.807) is 13.0 Å². The number of benzene rings is 2. The average molecular weight is 638 g/mol. The highest BCUT2D eigenvalue weighted by atomic mass is 79.9. The number of thiazole rings is 1. The van der Waals surface area contributed by atoms with Crippen molar-refractivity contribution in [2.75, 3.05) is 20.3 Å². The standard InChI is InChI=1S/C31H29BrN2O6S/c1-18(2)39-25-8-6-5-7-23(25)28-27(30(36)38-16-15-37-4)19(3)33-31-34(28)29(35)26(41-31)17-22-13-14-24(40-22)20-9-11-21(32)12-10-20/h5-14,17-18,28H,15-16H2,1-4H3/b26-17+/t28-/m1/s1. The Morgan fingerprint density at radius 1 is 1.12 bits per heavy atom. The van der Waals surface area contributed by atoms with Crippen LogP contribution in [0.1, 0.15) is 38.1 Å². The summed E-state index contributed by atoms with van der Waals surface area (Å²) in [6.45, 7) is 5.93. The van der Waals surface area contributed by atoms with Gasteiger partial charge in [-0.3, -0.25) is 9.36 Å². The largest absolute Gasteiger partial charge is 0.491 e. The Morgan fingerprint density at radius 2 is 1.88 bits per heavy atom. The van der Waals surface area contributed by atoms with Crippen LogP contribution in [0.3, 0.4) is 0 Å². The predicted molar refractivity (Wildman–Crippen MR) is 161 cm³/mol. The van der Waals surface area contributed by atoms with Crippen LogP contribution in [0.5, 0.6) is 5.75 Å². The molecular weight excluding hydrogens is 608 g/mol. The van der Waals surface area contributed by atoms with Gasteiger partial charge in [0.15, 0.2) is 4.80 Å². The summed E-state index contributed by atoms with van der Waals surface area (Å²) < 4.78 is 25.7. The summed E-state index contributed by atoms with van der Waals surface area (Å²) in [6.07, 6.45) is 1.59. The number of allylic oxidation sites excluding steroid dienone is 1. The number of methoxy groups -OCH3 is 1. The molecule has 0 saturated carbocycles. The van der Waals surface area contributed by atoms with Crippen LogP contribution in [0.2, 0.25) is 0 Å². The topological polar surface area (TPSA) is 92.3 Å². The van der Waals surface area contributed by atoms with Crippen LogP contribution >= 0.6 is 27.3 Å². The zero-order valence-corrected chi connectivity index (χ0v) is 25.5. The summed E-state index contributed by atoms with van der Waals surface area (Å²) in [6, 6.07) is 18.1. The number of fused-ring (bicyclic) bond motifs is 1. The first kappa shape index (κ1) is 28.8. The fraction of sp³-hybridized carbons (Fsp3) is 0.258. The third kappa shape index (κ3) is 6.14. The van der Waals surface area contributed by atoms with Gasteiger partial charge in [-0.25, -0.2) is 9.79 Å². The molecule has 0 aliphatic carbocycles. The van der Waals surface area contributed by atoms with E-state index in [1.165, 1.54) is 23.0 Å². The lowest BCUT2D eigenvalue weighted by molar-refractivity contribution is -0.140. The van der Waals surface area contributed by atoms with Gasteiger partial charge >= 0.3 is 5.97 Å². The molecule has 0 unspecified atom stereocenters. The van der Waals surface area contributed by atoms with E-state index in [1.807, 2.05) is 74.5 Å². The summed E-state index contributed by atoms with van der Waals surface area (Å²) in [5, 5.41) is 0. The molecule has 0 amide bonds. The van der Waals surface area contributed by atoms with Gasteiger partial charge in [0.05, 0.1) is 28.5 Å². The molecule has 2 aromatic carbocycles. The number of furan rings is 1. The van der Waals surface area contributed by atoms with Gasteiger partial charge in [0.1, 0.15) is 29.9 Å². The molecule has 1 atom stereocenters. The minimum Gasteiger partial charge on any atom is -0.491 e. The number of hydrogen-bond donors (Lipinski definition) is 0. The second-order valence-corrected chi connectivity index (χ2v) is 11.5. The Balaban J connectivity index is 1.63. The van der Waals surface area contributed by atoms with Crippen molar-refractivity contribution in [3.63, 3.8) is 0 Å². The average Bonchev–Trinajstić information content (AvgIpc) is 3.53. The third-order valence-corrected chi connectivity index (χ3v) is 7.88. The Morgan fingerprint density at radius 3 is 2.61 bits per heavy atom. The minimum atomic E-state index is -0.798. The van der Waals surface area contributed by atoms with Crippen molar-refractivity contribution >= 4 is 39.3 Å². The zero-order chi connectivity index (χ0) is 29.1. The molecule has 0 radical (unpaired) electrons. The second kappa shape index (κ2) is 12.4. The van der Waals surface area contributed by atoms with E-state index in [9.17, 15) is 9.59 Å². The number of para-hydroxylation sites is 1. The number of rotatable bonds is 9. The molecule has 1 aliphatic rings. The fourth-order valence-corrected chi connectivity index (χ4v) is 5.86. The molecule has 4 aromatic rings. The molecule has 0 spiro atoms. The zero-order valence-electron chi connectivity index (χ0n) is 23.0. The summed E-state index contributed by atoms with van der Waals surface area (Å²) in [7, 11) is 1.53. The number of nitrogens with zero attached hydrogens (tertiary/aromatic N) is 2. The highest BCUT2D eigenvalue weighted by molar-refractivity contribution is 9.10. The van der Waals surface area contributed by atoms with Crippen molar-refractivity contribution in [2.24, 2.45) is 4.99 Å². The van der Waals surface area contributed by atoms with E-state index >= 15 is 0 Å². The van der Waals surface area contributed by atoms with E-state index in [2.05, 4.69) is 20.9 Å². The second-order valence-electron chi connectivity index (χ2n) is 9.62. The summed E-state index contributed by atoms with van der Waals surface area (Å²) in [5.41, 5.74) is 2.03. The van der Waals surface area contributed by atoms with Crippen molar-refractivity contribution in [3.8, 4) is 17.1 Å². The Labute approximate surface area is 249 Å².